The number of carbonyl (C=O) groups is 2. The molecule has 2 N–H and O–H groups in total. The molecule has 0 fully saturated rings. The molecule has 0 aliphatic carbocycles. The molecule has 2 aromatic rings. The third-order valence-corrected chi connectivity index (χ3v) is 4.06. The van der Waals surface area contributed by atoms with Crippen molar-refractivity contribution in [1.82, 2.24) is 4.98 Å². The molecule has 1 aromatic carbocycles. The molecule has 128 valence electrons. The maximum absolute atomic E-state index is 12.6. The molecular formula is C19H24N2O3. The lowest BCUT2D eigenvalue weighted by atomic mass is 10.1. The lowest BCUT2D eigenvalue weighted by Gasteiger charge is -2.10. The van der Waals surface area contributed by atoms with Gasteiger partial charge >= 0.3 is 5.97 Å². The lowest BCUT2D eigenvalue weighted by molar-refractivity contribution is 0.0376. The summed E-state index contributed by atoms with van der Waals surface area (Å²) in [5.41, 5.74) is 4.92. The molecule has 0 atom stereocenters. The van der Waals surface area contributed by atoms with Gasteiger partial charge in [0.25, 0.3) is 5.91 Å². The average Bonchev–Trinajstić information content (AvgIpc) is 2.78. The number of carbonyl (C=O) groups excluding carboxylic acids is 2. The summed E-state index contributed by atoms with van der Waals surface area (Å²) in [6, 6.07) is 5.75. The van der Waals surface area contributed by atoms with Gasteiger partial charge in [0.1, 0.15) is 5.69 Å². The first-order chi connectivity index (χ1) is 11.2. The summed E-state index contributed by atoms with van der Waals surface area (Å²) < 4.78 is 5.25. The molecular weight excluding hydrogens is 304 g/mol. The lowest BCUT2D eigenvalue weighted by Crippen LogP contribution is -2.16. The van der Waals surface area contributed by atoms with Crippen molar-refractivity contribution in [3.63, 3.8) is 0 Å². The molecule has 1 aromatic heterocycles. The molecule has 0 bridgehead atoms. The van der Waals surface area contributed by atoms with Gasteiger partial charge in [-0.05, 0) is 64.3 Å². The highest BCUT2D eigenvalue weighted by molar-refractivity contribution is 6.07. The number of benzene rings is 1. The van der Waals surface area contributed by atoms with Crippen molar-refractivity contribution in [3.8, 4) is 0 Å². The van der Waals surface area contributed by atoms with Crippen LogP contribution >= 0.6 is 0 Å². The number of hydrogen-bond acceptors (Lipinski definition) is 3. The highest BCUT2D eigenvalue weighted by Crippen LogP contribution is 2.23. The van der Waals surface area contributed by atoms with E-state index in [1.54, 1.807) is 27.7 Å². The van der Waals surface area contributed by atoms with E-state index < -0.39 is 5.97 Å². The molecule has 24 heavy (non-hydrogen) atoms. The van der Waals surface area contributed by atoms with Gasteiger partial charge in [-0.15, -0.1) is 0 Å². The first-order valence-electron chi connectivity index (χ1n) is 8.00. The molecule has 1 amide bonds. The first kappa shape index (κ1) is 17.8. The second-order valence-electron chi connectivity index (χ2n) is 6.28. The van der Waals surface area contributed by atoms with Crippen molar-refractivity contribution in [3.05, 3.63) is 51.8 Å². The number of ether oxygens (including phenoxy) is 1. The largest absolute Gasteiger partial charge is 0.459 e. The van der Waals surface area contributed by atoms with E-state index in [0.717, 1.165) is 16.8 Å². The van der Waals surface area contributed by atoms with Crippen molar-refractivity contribution in [1.29, 1.82) is 0 Å². The predicted molar refractivity (Wildman–Crippen MR) is 94.7 cm³/mol. The maximum Gasteiger partial charge on any atom is 0.340 e. The number of aromatic amines is 1. The summed E-state index contributed by atoms with van der Waals surface area (Å²) in [7, 11) is 0. The van der Waals surface area contributed by atoms with E-state index in [2.05, 4.69) is 10.3 Å². The molecule has 5 heteroatoms. The maximum atomic E-state index is 12.6. The number of nitrogens with one attached hydrogen (secondary N) is 2. The topological polar surface area (TPSA) is 71.2 Å². The zero-order chi connectivity index (χ0) is 18.0. The van der Waals surface area contributed by atoms with Crippen LogP contribution in [0.5, 0.6) is 0 Å². The molecule has 5 nitrogen and oxygen atoms in total. The van der Waals surface area contributed by atoms with E-state index in [1.807, 2.05) is 32.0 Å². The van der Waals surface area contributed by atoms with Gasteiger partial charge in [-0.1, -0.05) is 12.1 Å². The van der Waals surface area contributed by atoms with Gasteiger partial charge < -0.3 is 15.0 Å². The first-order valence-corrected chi connectivity index (χ1v) is 8.00. The van der Waals surface area contributed by atoms with Gasteiger partial charge in [0.05, 0.1) is 11.7 Å². The Hall–Kier alpha value is -2.56. The fourth-order valence-corrected chi connectivity index (χ4v) is 2.63. The second kappa shape index (κ2) is 6.91. The van der Waals surface area contributed by atoms with E-state index in [-0.39, 0.29) is 12.0 Å². The Kier molecular flexibility index (Phi) is 5.12. The molecule has 0 aliphatic rings. The molecule has 2 rings (SSSR count). The minimum absolute atomic E-state index is 0.210. The van der Waals surface area contributed by atoms with E-state index in [1.165, 1.54) is 0 Å². The number of rotatable bonds is 4. The fraction of sp³-hybridized carbons (Fsp3) is 0.368. The number of anilines is 1. The second-order valence-corrected chi connectivity index (χ2v) is 6.28. The molecule has 0 saturated carbocycles. The molecule has 0 aliphatic heterocycles. The predicted octanol–water partition coefficient (Wildman–Crippen LogP) is 4.07. The van der Waals surface area contributed by atoms with Gasteiger partial charge in [-0.2, -0.15) is 0 Å². The van der Waals surface area contributed by atoms with Crippen molar-refractivity contribution in [2.75, 3.05) is 5.32 Å². The van der Waals surface area contributed by atoms with Crippen LogP contribution in [0.3, 0.4) is 0 Å². The number of esters is 1. The van der Waals surface area contributed by atoms with Crippen LogP contribution in [0.15, 0.2) is 18.2 Å². The van der Waals surface area contributed by atoms with Crippen LogP contribution in [0, 0.1) is 27.7 Å². The highest BCUT2D eigenvalue weighted by atomic mass is 16.5. The van der Waals surface area contributed by atoms with Crippen molar-refractivity contribution < 1.29 is 14.3 Å². The van der Waals surface area contributed by atoms with Gasteiger partial charge in [0, 0.05) is 11.4 Å². The SMILES string of the molecule is Cc1cccc(NC(=O)c2[nH]c(C)c(C(=O)OC(C)C)c2C)c1C. The monoisotopic (exact) mass is 328 g/mol. The minimum Gasteiger partial charge on any atom is -0.459 e. The van der Waals surface area contributed by atoms with Gasteiger partial charge in [-0.3, -0.25) is 4.79 Å². The summed E-state index contributed by atoms with van der Waals surface area (Å²) >= 11 is 0. The highest BCUT2D eigenvalue weighted by Gasteiger charge is 2.23. The third kappa shape index (κ3) is 3.50. The molecule has 0 spiro atoms. The van der Waals surface area contributed by atoms with Gasteiger partial charge in [0.15, 0.2) is 0 Å². The van der Waals surface area contributed by atoms with Gasteiger partial charge in [0.2, 0.25) is 0 Å². The van der Waals surface area contributed by atoms with Crippen LogP contribution in [0.1, 0.15) is 57.1 Å². The summed E-state index contributed by atoms with van der Waals surface area (Å²) in [6.45, 7) is 11.1. The smallest absolute Gasteiger partial charge is 0.340 e. The third-order valence-electron chi connectivity index (χ3n) is 4.06. The van der Waals surface area contributed by atoms with Gasteiger partial charge in [-0.25, -0.2) is 4.79 Å². The number of hydrogen-bond donors (Lipinski definition) is 2. The van der Waals surface area contributed by atoms with Crippen LogP contribution in [-0.4, -0.2) is 23.0 Å². The standard InChI is InChI=1S/C19H24N2O3/c1-10(2)24-19(23)16-13(5)17(20-14(16)6)18(22)21-15-9-7-8-11(3)12(15)4/h7-10,20H,1-6H3,(H,21,22). The Labute approximate surface area is 142 Å². The summed E-state index contributed by atoms with van der Waals surface area (Å²) in [5.74, 6) is -0.685. The Morgan fingerprint density at radius 3 is 2.38 bits per heavy atom. The Morgan fingerprint density at radius 2 is 1.75 bits per heavy atom. The van der Waals surface area contributed by atoms with Crippen LogP contribution in [-0.2, 0) is 4.74 Å². The van der Waals surface area contributed by atoms with Crippen LogP contribution in [0.25, 0.3) is 0 Å². The van der Waals surface area contributed by atoms with E-state index >= 15 is 0 Å². The van der Waals surface area contributed by atoms with Crippen molar-refractivity contribution >= 4 is 17.6 Å². The van der Waals surface area contributed by atoms with E-state index in [0.29, 0.717) is 22.5 Å². The zero-order valence-electron chi connectivity index (χ0n) is 15.0. The zero-order valence-corrected chi connectivity index (χ0v) is 15.0. The van der Waals surface area contributed by atoms with E-state index in [4.69, 9.17) is 4.74 Å². The normalized spacial score (nSPS) is 10.8. The van der Waals surface area contributed by atoms with Crippen molar-refractivity contribution in [2.24, 2.45) is 0 Å². The summed E-state index contributed by atoms with van der Waals surface area (Å²) in [5, 5.41) is 2.91. The summed E-state index contributed by atoms with van der Waals surface area (Å²) in [6.07, 6.45) is -0.210. The van der Waals surface area contributed by atoms with E-state index in [9.17, 15) is 9.59 Å². The average molecular weight is 328 g/mol. The molecule has 0 unspecified atom stereocenters. The molecule has 0 saturated heterocycles. The van der Waals surface area contributed by atoms with Crippen molar-refractivity contribution in [2.45, 2.75) is 47.6 Å². The number of amides is 1. The van der Waals surface area contributed by atoms with Crippen LogP contribution < -0.4 is 5.32 Å². The quantitative estimate of drug-likeness (QED) is 0.831. The number of aryl methyl sites for hydroxylation is 2. The Bertz CT molecular complexity index is 788. The Balaban J connectivity index is 2.31. The Morgan fingerprint density at radius 1 is 1.08 bits per heavy atom. The molecule has 0 radical (unpaired) electrons. The number of aromatic nitrogens is 1. The summed E-state index contributed by atoms with van der Waals surface area (Å²) in [4.78, 5) is 27.8. The fourth-order valence-electron chi connectivity index (χ4n) is 2.63. The van der Waals surface area contributed by atoms with Crippen LogP contribution in [0.4, 0.5) is 5.69 Å². The minimum atomic E-state index is -0.415. The van der Waals surface area contributed by atoms with Crippen LogP contribution in [0.2, 0.25) is 0 Å². The molecule has 1 heterocycles. The number of H-pyrrole nitrogens is 1.